The van der Waals surface area contributed by atoms with Gasteiger partial charge in [0.2, 0.25) is 0 Å². The van der Waals surface area contributed by atoms with Gasteiger partial charge in [0.25, 0.3) is 0 Å². The zero-order valence-electron chi connectivity index (χ0n) is 9.86. The molecule has 0 fully saturated rings. The van der Waals surface area contributed by atoms with E-state index in [0.717, 1.165) is 12.0 Å². The Morgan fingerprint density at radius 1 is 1.25 bits per heavy atom. The molecule has 0 aromatic heterocycles. The molecule has 0 unspecified atom stereocenters. The number of hydrogen-bond donors (Lipinski definition) is 0. The van der Waals surface area contributed by atoms with Crippen LogP contribution in [0.5, 0.6) is 0 Å². The lowest BCUT2D eigenvalue weighted by Gasteiger charge is -2.05. The van der Waals surface area contributed by atoms with Crippen molar-refractivity contribution in [2.75, 3.05) is 19.8 Å². The van der Waals surface area contributed by atoms with Crippen molar-refractivity contribution in [3.8, 4) is 0 Å². The SMILES string of the molecule is CCOCCOC(=O)c1cccc(CC)c1. The maximum Gasteiger partial charge on any atom is 0.338 e. The van der Waals surface area contributed by atoms with Gasteiger partial charge in [-0.3, -0.25) is 0 Å². The molecule has 1 aromatic carbocycles. The number of aryl methyl sites for hydroxylation is 1. The average Bonchev–Trinajstić information content (AvgIpc) is 2.34. The van der Waals surface area contributed by atoms with E-state index in [2.05, 4.69) is 6.92 Å². The third-order valence-electron chi connectivity index (χ3n) is 2.24. The molecule has 0 heterocycles. The number of esters is 1. The zero-order valence-corrected chi connectivity index (χ0v) is 9.86. The fraction of sp³-hybridized carbons (Fsp3) is 0.462. The average molecular weight is 222 g/mol. The number of carbonyl (C=O) groups excluding carboxylic acids is 1. The standard InChI is InChI=1S/C13H18O3/c1-3-11-6-5-7-12(10-11)13(14)16-9-8-15-4-2/h5-7,10H,3-4,8-9H2,1-2H3. The first kappa shape index (κ1) is 12.7. The molecule has 0 bridgehead atoms. The van der Waals surface area contributed by atoms with Crippen LogP contribution >= 0.6 is 0 Å². The number of rotatable bonds is 6. The second kappa shape index (κ2) is 7.01. The molecule has 0 aliphatic heterocycles. The summed E-state index contributed by atoms with van der Waals surface area (Å²) >= 11 is 0. The Morgan fingerprint density at radius 3 is 2.75 bits per heavy atom. The van der Waals surface area contributed by atoms with Crippen LogP contribution < -0.4 is 0 Å². The summed E-state index contributed by atoms with van der Waals surface area (Å²) in [6, 6.07) is 7.50. The van der Waals surface area contributed by atoms with Gasteiger partial charge in [-0.15, -0.1) is 0 Å². The van der Waals surface area contributed by atoms with Gasteiger partial charge in [-0.05, 0) is 31.0 Å². The predicted octanol–water partition coefficient (Wildman–Crippen LogP) is 2.44. The monoisotopic (exact) mass is 222 g/mol. The largest absolute Gasteiger partial charge is 0.460 e. The Morgan fingerprint density at radius 2 is 2.06 bits per heavy atom. The van der Waals surface area contributed by atoms with Gasteiger partial charge >= 0.3 is 5.97 Å². The zero-order chi connectivity index (χ0) is 11.8. The highest BCUT2D eigenvalue weighted by Crippen LogP contribution is 2.07. The van der Waals surface area contributed by atoms with E-state index in [9.17, 15) is 4.79 Å². The van der Waals surface area contributed by atoms with Crippen LogP contribution in [0, 0.1) is 0 Å². The Kier molecular flexibility index (Phi) is 5.57. The third kappa shape index (κ3) is 4.03. The summed E-state index contributed by atoms with van der Waals surface area (Å²) in [7, 11) is 0. The topological polar surface area (TPSA) is 35.5 Å². The molecule has 0 radical (unpaired) electrons. The third-order valence-corrected chi connectivity index (χ3v) is 2.24. The van der Waals surface area contributed by atoms with E-state index in [1.165, 1.54) is 0 Å². The second-order valence-electron chi connectivity index (χ2n) is 3.39. The van der Waals surface area contributed by atoms with Gasteiger partial charge in [0.1, 0.15) is 6.61 Å². The van der Waals surface area contributed by atoms with Crippen LogP contribution in [-0.4, -0.2) is 25.8 Å². The van der Waals surface area contributed by atoms with E-state index in [-0.39, 0.29) is 5.97 Å². The molecular weight excluding hydrogens is 204 g/mol. The molecule has 0 spiro atoms. The molecule has 0 saturated carbocycles. The van der Waals surface area contributed by atoms with Crippen LogP contribution in [0.15, 0.2) is 24.3 Å². The summed E-state index contributed by atoms with van der Waals surface area (Å²) in [6.07, 6.45) is 0.917. The van der Waals surface area contributed by atoms with Gasteiger partial charge in [0, 0.05) is 6.61 Å². The molecule has 0 amide bonds. The Balaban J connectivity index is 2.46. The van der Waals surface area contributed by atoms with Crippen LogP contribution in [0.4, 0.5) is 0 Å². The number of ether oxygens (including phenoxy) is 2. The first-order valence-electron chi connectivity index (χ1n) is 5.61. The molecule has 0 aliphatic rings. The lowest BCUT2D eigenvalue weighted by atomic mass is 10.1. The van der Waals surface area contributed by atoms with E-state index in [4.69, 9.17) is 9.47 Å². The minimum Gasteiger partial charge on any atom is -0.460 e. The molecule has 0 N–H and O–H groups in total. The number of benzene rings is 1. The van der Waals surface area contributed by atoms with Crippen LogP contribution in [0.25, 0.3) is 0 Å². The lowest BCUT2D eigenvalue weighted by molar-refractivity contribution is 0.0335. The smallest absolute Gasteiger partial charge is 0.338 e. The molecule has 3 heteroatoms. The Labute approximate surface area is 96.4 Å². The van der Waals surface area contributed by atoms with Crippen molar-refractivity contribution in [3.63, 3.8) is 0 Å². The first-order chi connectivity index (χ1) is 7.77. The summed E-state index contributed by atoms with van der Waals surface area (Å²) in [4.78, 5) is 11.6. The first-order valence-corrected chi connectivity index (χ1v) is 5.61. The van der Waals surface area contributed by atoms with Crippen molar-refractivity contribution in [1.82, 2.24) is 0 Å². The summed E-state index contributed by atoms with van der Waals surface area (Å²) in [5, 5.41) is 0. The highest BCUT2D eigenvalue weighted by molar-refractivity contribution is 5.89. The molecule has 88 valence electrons. The summed E-state index contributed by atoms with van der Waals surface area (Å²) in [5.74, 6) is -0.282. The Bertz CT molecular complexity index is 334. The quantitative estimate of drug-likeness (QED) is 0.548. The van der Waals surface area contributed by atoms with E-state index in [1.807, 2.05) is 25.1 Å². The van der Waals surface area contributed by atoms with Crippen LogP contribution in [0.2, 0.25) is 0 Å². The van der Waals surface area contributed by atoms with E-state index in [0.29, 0.717) is 25.4 Å². The van der Waals surface area contributed by atoms with Gasteiger partial charge < -0.3 is 9.47 Å². The van der Waals surface area contributed by atoms with Gasteiger partial charge in [-0.1, -0.05) is 19.1 Å². The maximum atomic E-state index is 11.6. The molecule has 0 aliphatic carbocycles. The molecule has 0 saturated heterocycles. The lowest BCUT2D eigenvalue weighted by Crippen LogP contribution is -2.11. The molecule has 1 rings (SSSR count). The Hall–Kier alpha value is -1.35. The van der Waals surface area contributed by atoms with Crippen molar-refractivity contribution in [3.05, 3.63) is 35.4 Å². The van der Waals surface area contributed by atoms with Crippen molar-refractivity contribution >= 4 is 5.97 Å². The summed E-state index contributed by atoms with van der Waals surface area (Å²) in [5.41, 5.74) is 1.75. The number of carbonyl (C=O) groups is 1. The molecule has 0 atom stereocenters. The summed E-state index contributed by atoms with van der Waals surface area (Å²) < 4.78 is 10.2. The predicted molar refractivity (Wildman–Crippen MR) is 62.6 cm³/mol. The van der Waals surface area contributed by atoms with E-state index < -0.39 is 0 Å². The second-order valence-corrected chi connectivity index (χ2v) is 3.39. The van der Waals surface area contributed by atoms with E-state index in [1.54, 1.807) is 6.07 Å². The van der Waals surface area contributed by atoms with Crippen LogP contribution in [-0.2, 0) is 15.9 Å². The minimum absolute atomic E-state index is 0.282. The molecular formula is C13H18O3. The molecule has 3 nitrogen and oxygen atoms in total. The molecule has 1 aromatic rings. The van der Waals surface area contributed by atoms with Crippen molar-refractivity contribution in [2.45, 2.75) is 20.3 Å². The van der Waals surface area contributed by atoms with Gasteiger partial charge in [0.15, 0.2) is 0 Å². The minimum atomic E-state index is -0.282. The summed E-state index contributed by atoms with van der Waals surface area (Å²) in [6.45, 7) is 5.37. The van der Waals surface area contributed by atoms with Gasteiger partial charge in [0.05, 0.1) is 12.2 Å². The van der Waals surface area contributed by atoms with Crippen LogP contribution in [0.3, 0.4) is 0 Å². The maximum absolute atomic E-state index is 11.6. The van der Waals surface area contributed by atoms with Crippen molar-refractivity contribution in [2.24, 2.45) is 0 Å². The fourth-order valence-electron chi connectivity index (χ4n) is 1.34. The highest BCUT2D eigenvalue weighted by Gasteiger charge is 2.06. The molecule has 16 heavy (non-hydrogen) atoms. The van der Waals surface area contributed by atoms with Gasteiger partial charge in [-0.25, -0.2) is 4.79 Å². The van der Waals surface area contributed by atoms with Gasteiger partial charge in [-0.2, -0.15) is 0 Å². The van der Waals surface area contributed by atoms with Crippen molar-refractivity contribution in [1.29, 1.82) is 0 Å². The highest BCUT2D eigenvalue weighted by atomic mass is 16.6. The van der Waals surface area contributed by atoms with Crippen LogP contribution in [0.1, 0.15) is 29.8 Å². The van der Waals surface area contributed by atoms with E-state index >= 15 is 0 Å². The fourth-order valence-corrected chi connectivity index (χ4v) is 1.34. The number of hydrogen-bond acceptors (Lipinski definition) is 3. The van der Waals surface area contributed by atoms with Crippen molar-refractivity contribution < 1.29 is 14.3 Å². The normalized spacial score (nSPS) is 10.1.